The standard InChI is InChI=1S/C20H30N4O6/c1-6-22(7-2)17-10-9-15(24(28)29)11-16(17)20(27)30-13-19(26)23(8-3)12-18(25)21-14(4)5/h9-11,14H,6-8,12-13H2,1-5H3,(H,21,25). The number of hydrogen-bond acceptors (Lipinski definition) is 7. The van der Waals surface area contributed by atoms with E-state index in [2.05, 4.69) is 5.32 Å². The number of benzene rings is 1. The average Bonchev–Trinajstić information content (AvgIpc) is 2.70. The molecule has 1 N–H and O–H groups in total. The predicted octanol–water partition coefficient (Wildman–Crippen LogP) is 1.97. The first-order valence-electron chi connectivity index (χ1n) is 9.92. The number of carbonyl (C=O) groups excluding carboxylic acids is 3. The molecular formula is C20H30N4O6. The Morgan fingerprint density at radius 2 is 1.77 bits per heavy atom. The second kappa shape index (κ2) is 11.7. The Morgan fingerprint density at radius 1 is 1.13 bits per heavy atom. The van der Waals surface area contributed by atoms with Crippen molar-refractivity contribution in [1.82, 2.24) is 10.2 Å². The number of nitro benzene ring substituents is 1. The Bertz CT molecular complexity index is 777. The number of hydrogen-bond donors (Lipinski definition) is 1. The predicted molar refractivity (Wildman–Crippen MR) is 112 cm³/mol. The second-order valence-corrected chi connectivity index (χ2v) is 6.84. The fraction of sp³-hybridized carbons (Fsp3) is 0.550. The summed E-state index contributed by atoms with van der Waals surface area (Å²) in [5.74, 6) is -1.68. The van der Waals surface area contributed by atoms with Crippen molar-refractivity contribution in [2.75, 3.05) is 37.7 Å². The van der Waals surface area contributed by atoms with Crippen molar-refractivity contribution < 1.29 is 24.0 Å². The third-order valence-electron chi connectivity index (χ3n) is 4.36. The lowest BCUT2D eigenvalue weighted by molar-refractivity contribution is -0.384. The minimum absolute atomic E-state index is 0.0151. The highest BCUT2D eigenvalue weighted by molar-refractivity contribution is 5.98. The van der Waals surface area contributed by atoms with Crippen LogP contribution in [0.15, 0.2) is 18.2 Å². The van der Waals surface area contributed by atoms with Gasteiger partial charge >= 0.3 is 5.97 Å². The maximum atomic E-state index is 12.6. The molecule has 0 spiro atoms. The highest BCUT2D eigenvalue weighted by atomic mass is 16.6. The molecule has 0 saturated heterocycles. The van der Waals surface area contributed by atoms with E-state index in [4.69, 9.17) is 4.74 Å². The van der Waals surface area contributed by atoms with Gasteiger partial charge in [-0.15, -0.1) is 0 Å². The van der Waals surface area contributed by atoms with Gasteiger partial charge in [0.1, 0.15) is 0 Å². The van der Waals surface area contributed by atoms with Gasteiger partial charge in [0.05, 0.1) is 22.7 Å². The van der Waals surface area contributed by atoms with E-state index < -0.39 is 23.4 Å². The number of esters is 1. The lowest BCUT2D eigenvalue weighted by atomic mass is 10.1. The largest absolute Gasteiger partial charge is 0.452 e. The van der Waals surface area contributed by atoms with E-state index >= 15 is 0 Å². The minimum Gasteiger partial charge on any atom is -0.452 e. The third kappa shape index (κ3) is 7.02. The van der Waals surface area contributed by atoms with Gasteiger partial charge in [-0.05, 0) is 40.7 Å². The summed E-state index contributed by atoms with van der Waals surface area (Å²) >= 11 is 0. The number of likely N-dealkylation sites (N-methyl/N-ethyl adjacent to an activating group) is 1. The summed E-state index contributed by atoms with van der Waals surface area (Å²) in [5.41, 5.74) is 0.262. The van der Waals surface area contributed by atoms with Crippen LogP contribution in [0.2, 0.25) is 0 Å². The lowest BCUT2D eigenvalue weighted by Gasteiger charge is -2.24. The van der Waals surface area contributed by atoms with E-state index in [1.165, 1.54) is 17.0 Å². The molecule has 0 fully saturated rings. The van der Waals surface area contributed by atoms with E-state index in [9.17, 15) is 24.5 Å². The average molecular weight is 422 g/mol. The van der Waals surface area contributed by atoms with Crippen molar-refractivity contribution in [3.63, 3.8) is 0 Å². The highest BCUT2D eigenvalue weighted by Gasteiger charge is 2.23. The number of carbonyl (C=O) groups is 3. The van der Waals surface area contributed by atoms with Crippen LogP contribution in [0.5, 0.6) is 0 Å². The van der Waals surface area contributed by atoms with Crippen LogP contribution in [-0.4, -0.2) is 66.4 Å². The van der Waals surface area contributed by atoms with Crippen LogP contribution < -0.4 is 10.2 Å². The summed E-state index contributed by atoms with van der Waals surface area (Å²) in [7, 11) is 0. The van der Waals surface area contributed by atoms with Gasteiger partial charge in [0, 0.05) is 37.8 Å². The molecule has 30 heavy (non-hydrogen) atoms. The van der Waals surface area contributed by atoms with Gasteiger partial charge in [-0.1, -0.05) is 0 Å². The molecule has 0 radical (unpaired) electrons. The first-order valence-corrected chi connectivity index (χ1v) is 9.92. The molecule has 0 unspecified atom stereocenters. The molecule has 0 aliphatic rings. The van der Waals surface area contributed by atoms with Crippen LogP contribution in [0.25, 0.3) is 0 Å². The molecule has 10 nitrogen and oxygen atoms in total. The number of amides is 2. The number of nitrogens with zero attached hydrogens (tertiary/aromatic N) is 3. The van der Waals surface area contributed by atoms with Gasteiger partial charge in [0.15, 0.2) is 6.61 Å². The maximum Gasteiger partial charge on any atom is 0.341 e. The van der Waals surface area contributed by atoms with Crippen molar-refractivity contribution in [3.8, 4) is 0 Å². The number of nitro groups is 1. The molecule has 1 rings (SSSR count). The number of ether oxygens (including phenoxy) is 1. The summed E-state index contributed by atoms with van der Waals surface area (Å²) in [6, 6.07) is 3.91. The molecule has 0 bridgehead atoms. The smallest absolute Gasteiger partial charge is 0.341 e. The monoisotopic (exact) mass is 422 g/mol. The van der Waals surface area contributed by atoms with Crippen LogP contribution in [0, 0.1) is 10.1 Å². The SMILES string of the molecule is CCN(CC(=O)NC(C)C)C(=O)COC(=O)c1cc([N+](=O)[O-])ccc1N(CC)CC. The van der Waals surface area contributed by atoms with Gasteiger partial charge in [-0.3, -0.25) is 19.7 Å². The highest BCUT2D eigenvalue weighted by Crippen LogP contribution is 2.26. The number of nitrogens with one attached hydrogen (secondary N) is 1. The lowest BCUT2D eigenvalue weighted by Crippen LogP contribution is -2.44. The topological polar surface area (TPSA) is 122 Å². The Morgan fingerprint density at radius 3 is 2.27 bits per heavy atom. The number of rotatable bonds is 11. The van der Waals surface area contributed by atoms with Gasteiger partial charge < -0.3 is 19.9 Å². The van der Waals surface area contributed by atoms with Crippen molar-refractivity contribution in [2.45, 2.75) is 40.7 Å². The molecular weight excluding hydrogens is 392 g/mol. The van der Waals surface area contributed by atoms with E-state index in [1.54, 1.807) is 6.92 Å². The van der Waals surface area contributed by atoms with Crippen molar-refractivity contribution in [1.29, 1.82) is 0 Å². The fourth-order valence-electron chi connectivity index (χ4n) is 2.85. The minimum atomic E-state index is -0.836. The molecule has 0 saturated carbocycles. The molecule has 166 valence electrons. The quantitative estimate of drug-likeness (QED) is 0.329. The summed E-state index contributed by atoms with van der Waals surface area (Å²) in [6.07, 6.45) is 0. The van der Waals surface area contributed by atoms with Crippen LogP contribution in [-0.2, 0) is 14.3 Å². The zero-order chi connectivity index (χ0) is 22.8. The van der Waals surface area contributed by atoms with Crippen LogP contribution >= 0.6 is 0 Å². The van der Waals surface area contributed by atoms with Gasteiger partial charge in [-0.2, -0.15) is 0 Å². The van der Waals surface area contributed by atoms with Crippen molar-refractivity contribution >= 4 is 29.2 Å². The number of non-ortho nitro benzene ring substituents is 1. The Balaban J connectivity index is 2.95. The van der Waals surface area contributed by atoms with Gasteiger partial charge in [0.25, 0.3) is 11.6 Å². The van der Waals surface area contributed by atoms with E-state index in [0.29, 0.717) is 18.8 Å². The van der Waals surface area contributed by atoms with E-state index in [0.717, 1.165) is 6.07 Å². The summed E-state index contributed by atoms with van der Waals surface area (Å²) < 4.78 is 5.14. The third-order valence-corrected chi connectivity index (χ3v) is 4.36. The Labute approximate surface area is 176 Å². The van der Waals surface area contributed by atoms with Crippen LogP contribution in [0.1, 0.15) is 45.0 Å². The molecule has 0 aliphatic carbocycles. The molecule has 0 aliphatic heterocycles. The van der Waals surface area contributed by atoms with Gasteiger partial charge in [-0.25, -0.2) is 4.79 Å². The fourth-order valence-corrected chi connectivity index (χ4v) is 2.85. The zero-order valence-electron chi connectivity index (χ0n) is 18.1. The molecule has 10 heteroatoms. The van der Waals surface area contributed by atoms with E-state index in [-0.39, 0.29) is 36.3 Å². The van der Waals surface area contributed by atoms with Crippen LogP contribution in [0.3, 0.4) is 0 Å². The molecule has 1 aromatic rings. The van der Waals surface area contributed by atoms with Crippen LogP contribution in [0.4, 0.5) is 11.4 Å². The molecule has 0 heterocycles. The molecule has 2 amide bonds. The Kier molecular flexibility index (Phi) is 9.73. The second-order valence-electron chi connectivity index (χ2n) is 6.84. The summed E-state index contributed by atoms with van der Waals surface area (Å²) in [5, 5.41) is 13.8. The van der Waals surface area contributed by atoms with Crippen molar-refractivity contribution in [2.24, 2.45) is 0 Å². The van der Waals surface area contributed by atoms with Gasteiger partial charge in [0.2, 0.25) is 5.91 Å². The zero-order valence-corrected chi connectivity index (χ0v) is 18.1. The first-order chi connectivity index (χ1) is 14.1. The molecule has 0 atom stereocenters. The normalized spacial score (nSPS) is 10.5. The van der Waals surface area contributed by atoms with Crippen molar-refractivity contribution in [3.05, 3.63) is 33.9 Å². The Hall–Kier alpha value is -3.17. The number of anilines is 1. The first kappa shape index (κ1) is 24.9. The maximum absolute atomic E-state index is 12.6. The molecule has 0 aromatic heterocycles. The van der Waals surface area contributed by atoms with E-state index in [1.807, 2.05) is 32.6 Å². The molecule has 1 aromatic carbocycles. The summed E-state index contributed by atoms with van der Waals surface area (Å²) in [4.78, 5) is 50.6. The summed E-state index contributed by atoms with van der Waals surface area (Å²) in [6.45, 7) is 9.84.